The van der Waals surface area contributed by atoms with Crippen molar-refractivity contribution in [3.63, 3.8) is 0 Å². The molecule has 0 spiro atoms. The van der Waals surface area contributed by atoms with E-state index in [2.05, 4.69) is 42.6 Å². The number of rotatable bonds is 7. The second kappa shape index (κ2) is 8.19. The van der Waals surface area contributed by atoms with Crippen LogP contribution >= 0.6 is 0 Å². The molecule has 0 atom stereocenters. The van der Waals surface area contributed by atoms with E-state index in [1.165, 1.54) is 12.1 Å². The van der Waals surface area contributed by atoms with E-state index in [0.29, 0.717) is 30.7 Å². The number of carbonyl (C=O) groups is 1. The Bertz CT molecular complexity index is 491. The second-order valence-electron chi connectivity index (χ2n) is 5.75. The highest BCUT2D eigenvalue weighted by atomic mass is 19.4. The molecule has 0 unspecified atom stereocenters. The molecule has 4 nitrogen and oxygen atoms in total. The van der Waals surface area contributed by atoms with E-state index in [4.69, 9.17) is 0 Å². The van der Waals surface area contributed by atoms with Gasteiger partial charge in [0.15, 0.2) is 0 Å². The summed E-state index contributed by atoms with van der Waals surface area (Å²) in [5.74, 6) is -0.670. The van der Waals surface area contributed by atoms with E-state index in [1.807, 2.05) is 0 Å². The lowest BCUT2D eigenvalue weighted by Gasteiger charge is -2.30. The zero-order valence-corrected chi connectivity index (χ0v) is 13.8. The van der Waals surface area contributed by atoms with Crippen LogP contribution in [0.4, 0.5) is 13.2 Å². The van der Waals surface area contributed by atoms with Gasteiger partial charge >= 0.3 is 6.36 Å². The van der Waals surface area contributed by atoms with Crippen LogP contribution in [0.15, 0.2) is 24.3 Å². The number of halogens is 3. The molecular weight excluding hydrogens is 309 g/mol. The lowest BCUT2D eigenvalue weighted by molar-refractivity contribution is -0.274. The summed E-state index contributed by atoms with van der Waals surface area (Å²) in [6.07, 6.45) is -4.74. The fourth-order valence-corrected chi connectivity index (χ4v) is 2.32. The molecular formula is C16H23F3N2O2. The minimum absolute atomic E-state index is 0.292. The van der Waals surface area contributed by atoms with Crippen LogP contribution in [0.1, 0.15) is 38.1 Å². The van der Waals surface area contributed by atoms with E-state index in [-0.39, 0.29) is 11.7 Å². The molecule has 0 bridgehead atoms. The van der Waals surface area contributed by atoms with Crippen molar-refractivity contribution in [2.24, 2.45) is 0 Å². The third-order valence-corrected chi connectivity index (χ3v) is 3.33. The molecule has 1 N–H and O–H groups in total. The molecule has 0 heterocycles. The highest BCUT2D eigenvalue weighted by Crippen LogP contribution is 2.22. The van der Waals surface area contributed by atoms with Gasteiger partial charge in [-0.15, -0.1) is 13.2 Å². The lowest BCUT2D eigenvalue weighted by Crippen LogP contribution is -2.42. The Morgan fingerprint density at radius 3 is 2.09 bits per heavy atom. The number of ether oxygens (including phenoxy) is 1. The quantitative estimate of drug-likeness (QED) is 0.832. The molecule has 1 aromatic rings. The highest BCUT2D eigenvalue weighted by Gasteiger charge is 2.31. The normalized spacial score (nSPS) is 12.1. The second-order valence-corrected chi connectivity index (χ2v) is 5.75. The molecule has 1 aromatic carbocycles. The van der Waals surface area contributed by atoms with Gasteiger partial charge in [-0.3, -0.25) is 9.69 Å². The maximum atomic E-state index is 12.1. The molecule has 0 saturated carbocycles. The highest BCUT2D eigenvalue weighted by molar-refractivity contribution is 5.94. The average Bonchev–Trinajstić information content (AvgIpc) is 2.41. The molecule has 0 radical (unpaired) electrons. The number of alkyl halides is 3. The van der Waals surface area contributed by atoms with Crippen molar-refractivity contribution in [2.45, 2.75) is 46.1 Å². The van der Waals surface area contributed by atoms with Gasteiger partial charge in [0.05, 0.1) is 0 Å². The van der Waals surface area contributed by atoms with Gasteiger partial charge in [0.2, 0.25) is 0 Å². The van der Waals surface area contributed by atoms with E-state index in [0.717, 1.165) is 12.1 Å². The summed E-state index contributed by atoms with van der Waals surface area (Å²) in [6, 6.07) is 5.59. The summed E-state index contributed by atoms with van der Waals surface area (Å²) < 4.78 is 40.0. The van der Waals surface area contributed by atoms with Crippen LogP contribution in [-0.4, -0.2) is 42.3 Å². The van der Waals surface area contributed by atoms with E-state index in [1.54, 1.807) is 0 Å². The summed E-state index contributed by atoms with van der Waals surface area (Å²) in [7, 11) is 0. The molecule has 0 aromatic heterocycles. The summed E-state index contributed by atoms with van der Waals surface area (Å²) >= 11 is 0. The Morgan fingerprint density at radius 2 is 1.65 bits per heavy atom. The first-order valence-corrected chi connectivity index (χ1v) is 7.50. The van der Waals surface area contributed by atoms with Crippen molar-refractivity contribution in [1.82, 2.24) is 10.2 Å². The van der Waals surface area contributed by atoms with Crippen LogP contribution < -0.4 is 10.1 Å². The standard InChI is InChI=1S/C16H23F3N2O2/c1-11(2)21(12(3)4)10-9-20-15(22)13-5-7-14(8-6-13)23-16(17,18)19/h5-8,11-12H,9-10H2,1-4H3,(H,20,22). The van der Waals surface area contributed by atoms with Crippen molar-refractivity contribution in [3.05, 3.63) is 29.8 Å². The van der Waals surface area contributed by atoms with Gasteiger partial charge in [-0.05, 0) is 52.0 Å². The van der Waals surface area contributed by atoms with E-state index < -0.39 is 6.36 Å². The van der Waals surface area contributed by atoms with Gasteiger partial charge in [0.1, 0.15) is 5.75 Å². The number of nitrogens with zero attached hydrogens (tertiary/aromatic N) is 1. The SMILES string of the molecule is CC(C)N(CCNC(=O)c1ccc(OC(F)(F)F)cc1)C(C)C. The minimum atomic E-state index is -4.74. The zero-order valence-electron chi connectivity index (χ0n) is 13.8. The molecule has 7 heteroatoms. The Hall–Kier alpha value is -1.76. The molecule has 1 amide bonds. The first-order valence-electron chi connectivity index (χ1n) is 7.50. The minimum Gasteiger partial charge on any atom is -0.406 e. The van der Waals surface area contributed by atoms with Crippen molar-refractivity contribution in [3.8, 4) is 5.75 Å². The van der Waals surface area contributed by atoms with Crippen LogP contribution in [0.2, 0.25) is 0 Å². The van der Waals surface area contributed by atoms with Gasteiger partial charge in [0, 0.05) is 30.7 Å². The van der Waals surface area contributed by atoms with Crippen molar-refractivity contribution in [2.75, 3.05) is 13.1 Å². The predicted octanol–water partition coefficient (Wildman–Crippen LogP) is 3.43. The Morgan fingerprint density at radius 1 is 1.13 bits per heavy atom. The summed E-state index contributed by atoms with van der Waals surface area (Å²) in [4.78, 5) is 14.2. The summed E-state index contributed by atoms with van der Waals surface area (Å²) in [6.45, 7) is 9.51. The number of amides is 1. The fourth-order valence-electron chi connectivity index (χ4n) is 2.32. The van der Waals surface area contributed by atoms with Gasteiger partial charge in [0.25, 0.3) is 5.91 Å². The van der Waals surface area contributed by atoms with Gasteiger partial charge in [-0.1, -0.05) is 0 Å². The van der Waals surface area contributed by atoms with Crippen molar-refractivity contribution in [1.29, 1.82) is 0 Å². The van der Waals surface area contributed by atoms with Crippen LogP contribution in [-0.2, 0) is 0 Å². The van der Waals surface area contributed by atoms with Crippen LogP contribution in [0.5, 0.6) is 5.75 Å². The van der Waals surface area contributed by atoms with Gasteiger partial charge < -0.3 is 10.1 Å². The smallest absolute Gasteiger partial charge is 0.406 e. The predicted molar refractivity (Wildman–Crippen MR) is 82.4 cm³/mol. The van der Waals surface area contributed by atoms with Crippen LogP contribution in [0.3, 0.4) is 0 Å². The fraction of sp³-hybridized carbons (Fsp3) is 0.562. The molecule has 23 heavy (non-hydrogen) atoms. The Kier molecular flexibility index (Phi) is 6.87. The largest absolute Gasteiger partial charge is 0.573 e. The maximum Gasteiger partial charge on any atom is 0.573 e. The summed E-state index contributed by atoms with van der Waals surface area (Å²) in [5, 5.41) is 2.76. The molecule has 0 saturated heterocycles. The molecule has 0 aliphatic rings. The van der Waals surface area contributed by atoms with Crippen molar-refractivity contribution < 1.29 is 22.7 Å². The molecule has 1 rings (SSSR count). The summed E-state index contributed by atoms with van der Waals surface area (Å²) in [5.41, 5.74) is 0.292. The monoisotopic (exact) mass is 332 g/mol. The topological polar surface area (TPSA) is 41.6 Å². The van der Waals surface area contributed by atoms with E-state index in [9.17, 15) is 18.0 Å². The van der Waals surface area contributed by atoms with Crippen LogP contribution in [0.25, 0.3) is 0 Å². The first-order chi connectivity index (χ1) is 10.6. The Balaban J connectivity index is 2.52. The number of carbonyl (C=O) groups excluding carboxylic acids is 1. The molecule has 130 valence electrons. The molecule has 0 aliphatic heterocycles. The molecule has 0 aliphatic carbocycles. The van der Waals surface area contributed by atoms with Gasteiger partial charge in [-0.25, -0.2) is 0 Å². The number of hydrogen-bond donors (Lipinski definition) is 1. The Labute approximate surface area is 134 Å². The van der Waals surface area contributed by atoms with Crippen LogP contribution in [0, 0.1) is 0 Å². The number of nitrogens with one attached hydrogen (secondary N) is 1. The van der Waals surface area contributed by atoms with E-state index >= 15 is 0 Å². The van der Waals surface area contributed by atoms with Gasteiger partial charge in [-0.2, -0.15) is 0 Å². The van der Waals surface area contributed by atoms with Crippen molar-refractivity contribution >= 4 is 5.91 Å². The molecule has 0 fully saturated rings. The third kappa shape index (κ3) is 6.90. The lowest BCUT2D eigenvalue weighted by atomic mass is 10.2. The maximum absolute atomic E-state index is 12.1. The number of benzene rings is 1. The first kappa shape index (κ1) is 19.3. The number of hydrogen-bond acceptors (Lipinski definition) is 3. The third-order valence-electron chi connectivity index (χ3n) is 3.33. The average molecular weight is 332 g/mol. The zero-order chi connectivity index (χ0) is 17.6.